The van der Waals surface area contributed by atoms with Crippen molar-refractivity contribution >= 4 is 34.3 Å². The van der Waals surface area contributed by atoms with Crippen LogP contribution in [0.4, 0.5) is 0 Å². The van der Waals surface area contributed by atoms with Gasteiger partial charge in [-0.25, -0.2) is 0 Å². The molecule has 2 N–H and O–H groups in total. The van der Waals surface area contributed by atoms with Gasteiger partial charge < -0.3 is 10.2 Å². The quantitative estimate of drug-likeness (QED) is 0.673. The van der Waals surface area contributed by atoms with E-state index in [0.717, 1.165) is 16.9 Å². The summed E-state index contributed by atoms with van der Waals surface area (Å²) in [5.74, 6) is 1.54. The highest BCUT2D eigenvalue weighted by atomic mass is 35.5. The van der Waals surface area contributed by atoms with E-state index in [1.165, 1.54) is 10.5 Å². The number of nitrogens with two attached hydrogens (primary N) is 1. The van der Waals surface area contributed by atoms with Crippen LogP contribution in [0.1, 0.15) is 17.4 Å². The van der Waals surface area contributed by atoms with Crippen LogP contribution in [0.25, 0.3) is 11.0 Å². The van der Waals surface area contributed by atoms with Gasteiger partial charge in [0.25, 0.3) is 0 Å². The summed E-state index contributed by atoms with van der Waals surface area (Å²) in [7, 11) is 0. The molecule has 1 unspecified atom stereocenters. The molecular formula is C17H16ClNOS. The molecule has 0 amide bonds. The zero-order chi connectivity index (χ0) is 14.8. The molecule has 4 heteroatoms. The highest BCUT2D eigenvalue weighted by Crippen LogP contribution is 2.31. The van der Waals surface area contributed by atoms with Gasteiger partial charge in [0.1, 0.15) is 5.76 Å². The number of benzene rings is 2. The van der Waals surface area contributed by atoms with Crippen LogP contribution in [0.3, 0.4) is 0 Å². The molecule has 0 radical (unpaired) electrons. The molecule has 3 rings (SSSR count). The fourth-order valence-corrected chi connectivity index (χ4v) is 3.42. The average molecular weight is 318 g/mol. The van der Waals surface area contributed by atoms with E-state index < -0.39 is 0 Å². The molecule has 2 nitrogen and oxygen atoms in total. The maximum absolute atomic E-state index is 6.25. The van der Waals surface area contributed by atoms with Crippen LogP contribution in [0.15, 0.2) is 57.8 Å². The first-order valence-electron chi connectivity index (χ1n) is 6.77. The summed E-state index contributed by atoms with van der Waals surface area (Å²) in [6.45, 7) is 2.11. The highest BCUT2D eigenvalue weighted by Gasteiger charge is 2.14. The largest absolute Gasteiger partial charge is 0.458 e. The lowest BCUT2D eigenvalue weighted by atomic mass is 10.2. The molecule has 1 heterocycles. The Morgan fingerprint density at radius 2 is 2.00 bits per heavy atom. The van der Waals surface area contributed by atoms with Crippen molar-refractivity contribution in [2.24, 2.45) is 5.73 Å². The van der Waals surface area contributed by atoms with E-state index in [-0.39, 0.29) is 6.04 Å². The van der Waals surface area contributed by atoms with Crippen molar-refractivity contribution in [2.45, 2.75) is 17.9 Å². The van der Waals surface area contributed by atoms with Gasteiger partial charge in [0, 0.05) is 16.0 Å². The number of aryl methyl sites for hydroxylation is 1. The summed E-state index contributed by atoms with van der Waals surface area (Å²) in [6, 6.07) is 15.8. The second-order valence-corrected chi connectivity index (χ2v) is 6.46. The lowest BCUT2D eigenvalue weighted by molar-refractivity contribution is 0.516. The van der Waals surface area contributed by atoms with E-state index in [4.69, 9.17) is 21.8 Å². The Bertz CT molecular complexity index is 768. The minimum Gasteiger partial charge on any atom is -0.458 e. The van der Waals surface area contributed by atoms with E-state index in [1.54, 1.807) is 11.8 Å². The second-order valence-electron chi connectivity index (χ2n) is 4.99. The van der Waals surface area contributed by atoms with Crippen LogP contribution in [-0.2, 0) is 0 Å². The summed E-state index contributed by atoms with van der Waals surface area (Å²) < 4.78 is 5.81. The topological polar surface area (TPSA) is 39.2 Å². The van der Waals surface area contributed by atoms with Gasteiger partial charge in [-0.15, -0.1) is 11.8 Å². The van der Waals surface area contributed by atoms with Crippen molar-refractivity contribution in [2.75, 3.05) is 5.75 Å². The second kappa shape index (κ2) is 6.14. The van der Waals surface area contributed by atoms with Gasteiger partial charge in [-0.1, -0.05) is 41.9 Å². The van der Waals surface area contributed by atoms with E-state index >= 15 is 0 Å². The fourth-order valence-electron chi connectivity index (χ4n) is 2.21. The van der Waals surface area contributed by atoms with Crippen LogP contribution >= 0.6 is 23.4 Å². The molecule has 0 fully saturated rings. The molecule has 0 aliphatic carbocycles. The van der Waals surface area contributed by atoms with Gasteiger partial charge in [-0.2, -0.15) is 0 Å². The van der Waals surface area contributed by atoms with Crippen LogP contribution < -0.4 is 5.73 Å². The summed E-state index contributed by atoms with van der Waals surface area (Å²) >= 11 is 7.88. The first kappa shape index (κ1) is 14.5. The number of para-hydroxylation sites is 1. The van der Waals surface area contributed by atoms with Crippen molar-refractivity contribution < 1.29 is 4.42 Å². The standard InChI is InChI=1S/C17H16ClNOS/c1-11-5-2-3-8-16(11)21-10-14(19)15-9-12-6-4-7-13(18)17(12)20-15/h2-9,14H,10,19H2,1H3. The molecule has 0 bridgehead atoms. The lowest BCUT2D eigenvalue weighted by Crippen LogP contribution is -2.11. The normalized spacial score (nSPS) is 12.7. The molecule has 0 aliphatic rings. The summed E-state index contributed by atoms with van der Waals surface area (Å²) in [5, 5.41) is 1.62. The third-order valence-electron chi connectivity index (χ3n) is 3.39. The molecule has 0 spiro atoms. The molecule has 0 saturated carbocycles. The van der Waals surface area contributed by atoms with E-state index in [1.807, 2.05) is 36.4 Å². The number of hydrogen-bond acceptors (Lipinski definition) is 3. The van der Waals surface area contributed by atoms with Gasteiger partial charge >= 0.3 is 0 Å². The van der Waals surface area contributed by atoms with Crippen LogP contribution in [0.2, 0.25) is 5.02 Å². The molecule has 1 aromatic heterocycles. The van der Waals surface area contributed by atoms with Gasteiger partial charge in [-0.05, 0) is 30.7 Å². The minimum atomic E-state index is -0.155. The number of fused-ring (bicyclic) bond motifs is 1. The summed E-state index contributed by atoms with van der Waals surface area (Å²) in [4.78, 5) is 1.25. The first-order chi connectivity index (χ1) is 10.1. The van der Waals surface area contributed by atoms with Gasteiger partial charge in [0.15, 0.2) is 5.58 Å². The predicted molar refractivity (Wildman–Crippen MR) is 90.1 cm³/mol. The van der Waals surface area contributed by atoms with Gasteiger partial charge in [-0.3, -0.25) is 0 Å². The SMILES string of the molecule is Cc1ccccc1SCC(N)c1cc2cccc(Cl)c2o1. The highest BCUT2D eigenvalue weighted by molar-refractivity contribution is 7.99. The summed E-state index contributed by atoms with van der Waals surface area (Å²) in [5.41, 5.74) is 8.23. The predicted octanol–water partition coefficient (Wildman–Crippen LogP) is 5.19. The molecule has 21 heavy (non-hydrogen) atoms. The number of thioether (sulfide) groups is 1. The van der Waals surface area contributed by atoms with E-state index in [9.17, 15) is 0 Å². The average Bonchev–Trinajstić information content (AvgIpc) is 2.92. The third-order valence-corrected chi connectivity index (χ3v) is 4.99. The smallest absolute Gasteiger partial charge is 0.152 e. The van der Waals surface area contributed by atoms with Gasteiger partial charge in [0.2, 0.25) is 0 Å². The van der Waals surface area contributed by atoms with E-state index in [2.05, 4.69) is 19.1 Å². The molecular weight excluding hydrogens is 302 g/mol. The number of furan rings is 1. The van der Waals surface area contributed by atoms with Crippen molar-refractivity contribution in [3.8, 4) is 0 Å². The van der Waals surface area contributed by atoms with Crippen molar-refractivity contribution in [1.82, 2.24) is 0 Å². The van der Waals surface area contributed by atoms with Crippen molar-refractivity contribution in [3.05, 3.63) is 64.9 Å². The third kappa shape index (κ3) is 3.10. The van der Waals surface area contributed by atoms with Crippen molar-refractivity contribution in [1.29, 1.82) is 0 Å². The Balaban J connectivity index is 1.76. The maximum atomic E-state index is 6.25. The molecule has 2 aromatic carbocycles. The molecule has 0 saturated heterocycles. The number of halogens is 1. The maximum Gasteiger partial charge on any atom is 0.152 e. The van der Waals surface area contributed by atoms with Crippen molar-refractivity contribution in [3.63, 3.8) is 0 Å². The Hall–Kier alpha value is -1.42. The number of rotatable bonds is 4. The zero-order valence-corrected chi connectivity index (χ0v) is 13.2. The Morgan fingerprint density at radius 1 is 1.19 bits per heavy atom. The minimum absolute atomic E-state index is 0.155. The fraction of sp³-hybridized carbons (Fsp3) is 0.176. The van der Waals surface area contributed by atoms with Crippen LogP contribution in [0, 0.1) is 6.92 Å². The monoisotopic (exact) mass is 317 g/mol. The Labute approximate surface area is 133 Å². The van der Waals surface area contributed by atoms with Crippen LogP contribution in [0.5, 0.6) is 0 Å². The number of hydrogen-bond donors (Lipinski definition) is 1. The van der Waals surface area contributed by atoms with Gasteiger partial charge in [0.05, 0.1) is 11.1 Å². The molecule has 0 aliphatic heterocycles. The van der Waals surface area contributed by atoms with Crippen LogP contribution in [-0.4, -0.2) is 5.75 Å². The zero-order valence-electron chi connectivity index (χ0n) is 11.7. The molecule has 3 aromatic rings. The Morgan fingerprint density at radius 3 is 2.76 bits per heavy atom. The lowest BCUT2D eigenvalue weighted by Gasteiger charge is -2.09. The van der Waals surface area contributed by atoms with E-state index in [0.29, 0.717) is 10.6 Å². The first-order valence-corrected chi connectivity index (χ1v) is 8.13. The molecule has 108 valence electrons. The Kier molecular flexibility index (Phi) is 4.24. The summed E-state index contributed by atoms with van der Waals surface area (Å²) in [6.07, 6.45) is 0. The molecule has 1 atom stereocenters.